The normalized spacial score (nSPS) is 15.9. The minimum atomic E-state index is -4.58. The molecule has 0 spiro atoms. The first-order chi connectivity index (χ1) is 7.38. The maximum atomic E-state index is 12.5. The molecule has 0 amide bonds. The number of rotatable bonds is 3. The summed E-state index contributed by atoms with van der Waals surface area (Å²) in [5.74, 6) is 0. The maximum absolute atomic E-state index is 12.5. The number of aliphatic hydroxyl groups excluding tert-OH is 2. The van der Waals surface area contributed by atoms with E-state index in [4.69, 9.17) is 0 Å². The van der Waals surface area contributed by atoms with Crippen LogP contribution in [0.25, 0.3) is 0 Å². The molecule has 0 bridgehead atoms. The van der Waals surface area contributed by atoms with Gasteiger partial charge < -0.3 is 10.2 Å². The van der Waals surface area contributed by atoms with E-state index in [1.807, 2.05) is 0 Å². The molecule has 0 fully saturated rings. The highest BCUT2D eigenvalue weighted by molar-refractivity contribution is 9.09. The standard InChI is InChI=1S/C9H9BrF3NO2/c10-3-7(15)8(16)5-4-14-2-1-6(5)9(11,12)13/h1-2,4,7-8,15-16H,3H2. The van der Waals surface area contributed by atoms with E-state index >= 15 is 0 Å². The topological polar surface area (TPSA) is 53.4 Å². The second-order valence-corrected chi connectivity index (χ2v) is 3.77. The molecule has 1 rings (SSSR count). The van der Waals surface area contributed by atoms with Crippen molar-refractivity contribution in [2.75, 3.05) is 5.33 Å². The van der Waals surface area contributed by atoms with E-state index in [0.717, 1.165) is 18.5 Å². The number of hydrogen-bond acceptors (Lipinski definition) is 3. The monoisotopic (exact) mass is 299 g/mol. The molecule has 1 heterocycles. The van der Waals surface area contributed by atoms with Gasteiger partial charge in [0.2, 0.25) is 0 Å². The lowest BCUT2D eigenvalue weighted by Gasteiger charge is -2.19. The molecule has 0 saturated carbocycles. The average Bonchev–Trinajstić information content (AvgIpc) is 2.26. The molecule has 16 heavy (non-hydrogen) atoms. The molecule has 0 radical (unpaired) electrons. The van der Waals surface area contributed by atoms with Crippen LogP contribution in [0.3, 0.4) is 0 Å². The Kier molecular flexibility index (Phi) is 4.28. The molecular weight excluding hydrogens is 291 g/mol. The second kappa shape index (κ2) is 5.11. The Balaban J connectivity index is 3.13. The Morgan fingerprint density at radius 3 is 2.50 bits per heavy atom. The van der Waals surface area contributed by atoms with Crippen molar-refractivity contribution in [3.63, 3.8) is 0 Å². The van der Waals surface area contributed by atoms with Crippen molar-refractivity contribution in [3.05, 3.63) is 29.6 Å². The van der Waals surface area contributed by atoms with Crippen LogP contribution in [0.1, 0.15) is 17.2 Å². The van der Waals surface area contributed by atoms with Gasteiger partial charge in [0.1, 0.15) is 6.10 Å². The van der Waals surface area contributed by atoms with Gasteiger partial charge in [0.15, 0.2) is 0 Å². The van der Waals surface area contributed by atoms with E-state index in [1.54, 1.807) is 0 Å². The maximum Gasteiger partial charge on any atom is 0.416 e. The third-order valence-electron chi connectivity index (χ3n) is 2.00. The van der Waals surface area contributed by atoms with Gasteiger partial charge in [-0.05, 0) is 6.07 Å². The van der Waals surface area contributed by atoms with Gasteiger partial charge in [-0.2, -0.15) is 13.2 Å². The van der Waals surface area contributed by atoms with Crippen LogP contribution in [-0.2, 0) is 6.18 Å². The number of nitrogens with zero attached hydrogens (tertiary/aromatic N) is 1. The van der Waals surface area contributed by atoms with Crippen LogP contribution >= 0.6 is 15.9 Å². The largest absolute Gasteiger partial charge is 0.416 e. The number of aliphatic hydroxyl groups is 2. The van der Waals surface area contributed by atoms with Crippen molar-refractivity contribution < 1.29 is 23.4 Å². The summed E-state index contributed by atoms with van der Waals surface area (Å²) < 4.78 is 37.6. The number of alkyl halides is 4. The average molecular weight is 300 g/mol. The molecule has 0 aromatic carbocycles. The first-order valence-electron chi connectivity index (χ1n) is 4.31. The highest BCUT2D eigenvalue weighted by Crippen LogP contribution is 2.34. The summed E-state index contributed by atoms with van der Waals surface area (Å²) in [6.07, 6.45) is -5.63. The Morgan fingerprint density at radius 2 is 2.00 bits per heavy atom. The second-order valence-electron chi connectivity index (χ2n) is 3.13. The molecule has 7 heteroatoms. The van der Waals surface area contributed by atoms with E-state index < -0.39 is 29.5 Å². The van der Waals surface area contributed by atoms with Gasteiger partial charge in [-0.25, -0.2) is 0 Å². The highest BCUT2D eigenvalue weighted by atomic mass is 79.9. The van der Waals surface area contributed by atoms with E-state index in [2.05, 4.69) is 20.9 Å². The lowest BCUT2D eigenvalue weighted by molar-refractivity contribution is -0.139. The SMILES string of the molecule is OC(CBr)C(O)c1cnccc1C(F)(F)F. The minimum absolute atomic E-state index is 0.0274. The predicted octanol–water partition coefficient (Wildman–Crippen LogP) is 1.89. The zero-order valence-corrected chi connectivity index (χ0v) is 9.53. The summed E-state index contributed by atoms with van der Waals surface area (Å²) in [7, 11) is 0. The first-order valence-corrected chi connectivity index (χ1v) is 5.43. The third kappa shape index (κ3) is 2.93. The van der Waals surface area contributed by atoms with Gasteiger partial charge in [0.05, 0.1) is 11.7 Å². The van der Waals surface area contributed by atoms with Gasteiger partial charge in [0, 0.05) is 23.3 Å². The molecule has 0 saturated heterocycles. The molecule has 2 N–H and O–H groups in total. The van der Waals surface area contributed by atoms with E-state index in [0.29, 0.717) is 0 Å². The summed E-state index contributed by atoms with van der Waals surface area (Å²) in [4.78, 5) is 3.51. The summed E-state index contributed by atoms with van der Waals surface area (Å²) in [5.41, 5.74) is -1.42. The number of aromatic nitrogens is 1. The molecule has 0 aliphatic carbocycles. The van der Waals surface area contributed by atoms with Crippen LogP contribution in [-0.4, -0.2) is 26.6 Å². The number of pyridine rings is 1. The lowest BCUT2D eigenvalue weighted by atomic mass is 10.0. The number of hydrogen-bond donors (Lipinski definition) is 2. The zero-order valence-electron chi connectivity index (χ0n) is 7.95. The smallest absolute Gasteiger partial charge is 0.389 e. The molecular formula is C9H9BrF3NO2. The van der Waals surface area contributed by atoms with Crippen LogP contribution in [0.2, 0.25) is 0 Å². The summed E-state index contributed by atoms with van der Waals surface area (Å²) in [6, 6.07) is 0.763. The fraction of sp³-hybridized carbons (Fsp3) is 0.444. The van der Waals surface area contributed by atoms with Gasteiger partial charge in [-0.15, -0.1) is 0 Å². The fourth-order valence-electron chi connectivity index (χ4n) is 1.19. The van der Waals surface area contributed by atoms with Gasteiger partial charge >= 0.3 is 6.18 Å². The summed E-state index contributed by atoms with van der Waals surface area (Å²) in [5, 5.41) is 18.8. The van der Waals surface area contributed by atoms with Gasteiger partial charge in [0.25, 0.3) is 0 Å². The van der Waals surface area contributed by atoms with E-state index in [1.165, 1.54) is 0 Å². The minimum Gasteiger partial charge on any atom is -0.389 e. The Morgan fingerprint density at radius 1 is 1.38 bits per heavy atom. The van der Waals surface area contributed by atoms with Crippen LogP contribution < -0.4 is 0 Å². The quantitative estimate of drug-likeness (QED) is 0.838. The summed E-state index contributed by atoms with van der Waals surface area (Å²) in [6.45, 7) is 0. The predicted molar refractivity (Wildman–Crippen MR) is 54.0 cm³/mol. The van der Waals surface area contributed by atoms with Crippen LogP contribution in [0.4, 0.5) is 13.2 Å². The van der Waals surface area contributed by atoms with Gasteiger partial charge in [-0.3, -0.25) is 4.98 Å². The van der Waals surface area contributed by atoms with Crippen LogP contribution in [0.15, 0.2) is 18.5 Å². The van der Waals surface area contributed by atoms with Crippen LogP contribution in [0.5, 0.6) is 0 Å². The van der Waals surface area contributed by atoms with Crippen molar-refractivity contribution in [2.24, 2.45) is 0 Å². The van der Waals surface area contributed by atoms with Crippen LogP contribution in [0, 0.1) is 0 Å². The molecule has 2 unspecified atom stereocenters. The zero-order chi connectivity index (χ0) is 12.3. The molecule has 90 valence electrons. The van der Waals surface area contributed by atoms with Gasteiger partial charge in [-0.1, -0.05) is 15.9 Å². The molecule has 3 nitrogen and oxygen atoms in total. The van der Waals surface area contributed by atoms with E-state index in [-0.39, 0.29) is 5.33 Å². The molecule has 0 aliphatic rings. The lowest BCUT2D eigenvalue weighted by Crippen LogP contribution is -2.23. The molecule has 2 atom stereocenters. The van der Waals surface area contributed by atoms with Crippen molar-refractivity contribution in [1.29, 1.82) is 0 Å². The van der Waals surface area contributed by atoms with Crippen molar-refractivity contribution >= 4 is 15.9 Å². The Hall–Kier alpha value is -0.660. The first kappa shape index (κ1) is 13.4. The molecule has 0 aliphatic heterocycles. The molecule has 1 aromatic heterocycles. The third-order valence-corrected chi connectivity index (χ3v) is 2.66. The highest BCUT2D eigenvalue weighted by Gasteiger charge is 2.36. The molecule has 1 aromatic rings. The van der Waals surface area contributed by atoms with Crippen molar-refractivity contribution in [1.82, 2.24) is 4.98 Å². The summed E-state index contributed by atoms with van der Waals surface area (Å²) >= 11 is 2.88. The Bertz CT molecular complexity index is 359. The van der Waals surface area contributed by atoms with Crippen molar-refractivity contribution in [3.8, 4) is 0 Å². The van der Waals surface area contributed by atoms with E-state index in [9.17, 15) is 23.4 Å². The fourth-order valence-corrected chi connectivity index (χ4v) is 1.55. The van der Waals surface area contributed by atoms with Crippen molar-refractivity contribution in [2.45, 2.75) is 18.4 Å². The Labute approximate surface area is 98.1 Å². The number of halogens is 4.